The van der Waals surface area contributed by atoms with Crippen molar-refractivity contribution in [3.8, 4) is 0 Å². The molecule has 1 saturated carbocycles. The molecule has 14 heavy (non-hydrogen) atoms. The van der Waals surface area contributed by atoms with Crippen molar-refractivity contribution in [3.63, 3.8) is 0 Å². The summed E-state index contributed by atoms with van der Waals surface area (Å²) in [6, 6.07) is 0. The number of rotatable bonds is 2. The van der Waals surface area contributed by atoms with Crippen LogP contribution < -0.4 is 0 Å². The monoisotopic (exact) mass is 192 g/mol. The van der Waals surface area contributed by atoms with Gasteiger partial charge in [-0.15, -0.1) is 0 Å². The van der Waals surface area contributed by atoms with E-state index < -0.39 is 6.10 Å². The van der Waals surface area contributed by atoms with Gasteiger partial charge in [0.2, 0.25) is 0 Å². The van der Waals surface area contributed by atoms with Crippen LogP contribution in [0, 0.1) is 12.8 Å². The lowest BCUT2D eigenvalue weighted by Crippen LogP contribution is -2.12. The minimum atomic E-state index is -0.460. The maximum Gasteiger partial charge on any atom is 0.157 e. The number of aromatic nitrogens is 2. The molecule has 1 unspecified atom stereocenters. The molecular weight excluding hydrogens is 176 g/mol. The minimum absolute atomic E-state index is 0.373. The highest BCUT2D eigenvalue weighted by molar-refractivity contribution is 5.04. The molecule has 1 fully saturated rings. The third-order valence-electron chi connectivity index (χ3n) is 2.91. The Morgan fingerprint density at radius 3 is 2.43 bits per heavy atom. The molecular formula is C11H16N2O. The molecule has 1 atom stereocenters. The van der Waals surface area contributed by atoms with Crippen LogP contribution in [0.2, 0.25) is 0 Å². The van der Waals surface area contributed by atoms with Gasteiger partial charge in [-0.1, -0.05) is 12.8 Å². The SMILES string of the molecule is Cc1cnc(C(O)C2CCCC2)nc1. The highest BCUT2D eigenvalue weighted by Gasteiger charge is 2.25. The lowest BCUT2D eigenvalue weighted by Gasteiger charge is -2.15. The van der Waals surface area contributed by atoms with Crippen LogP contribution in [0.25, 0.3) is 0 Å². The summed E-state index contributed by atoms with van der Waals surface area (Å²) in [6.07, 6.45) is 7.75. The Morgan fingerprint density at radius 1 is 1.29 bits per heavy atom. The summed E-state index contributed by atoms with van der Waals surface area (Å²) in [7, 11) is 0. The zero-order chi connectivity index (χ0) is 9.97. The molecule has 1 N–H and O–H groups in total. The van der Waals surface area contributed by atoms with E-state index in [0.29, 0.717) is 11.7 Å². The first-order valence-corrected chi connectivity index (χ1v) is 5.24. The van der Waals surface area contributed by atoms with Crippen LogP contribution in [0.3, 0.4) is 0 Å². The zero-order valence-corrected chi connectivity index (χ0v) is 8.48. The van der Waals surface area contributed by atoms with Crippen molar-refractivity contribution in [1.29, 1.82) is 0 Å². The van der Waals surface area contributed by atoms with Crippen molar-refractivity contribution >= 4 is 0 Å². The molecule has 0 aromatic carbocycles. The largest absolute Gasteiger partial charge is 0.385 e. The summed E-state index contributed by atoms with van der Waals surface area (Å²) in [6.45, 7) is 1.95. The van der Waals surface area contributed by atoms with Gasteiger partial charge in [-0.05, 0) is 31.2 Å². The van der Waals surface area contributed by atoms with Gasteiger partial charge in [0.05, 0.1) is 0 Å². The Hall–Kier alpha value is -0.960. The van der Waals surface area contributed by atoms with E-state index in [2.05, 4.69) is 9.97 Å². The molecule has 76 valence electrons. The Balaban J connectivity index is 2.09. The number of hydrogen-bond acceptors (Lipinski definition) is 3. The summed E-state index contributed by atoms with van der Waals surface area (Å²) in [5.41, 5.74) is 1.03. The molecule has 3 nitrogen and oxygen atoms in total. The Kier molecular flexibility index (Phi) is 2.77. The summed E-state index contributed by atoms with van der Waals surface area (Å²) < 4.78 is 0. The highest BCUT2D eigenvalue weighted by Crippen LogP contribution is 2.33. The van der Waals surface area contributed by atoms with E-state index in [1.165, 1.54) is 12.8 Å². The second kappa shape index (κ2) is 4.05. The molecule has 0 radical (unpaired) electrons. The molecule has 1 heterocycles. The van der Waals surface area contributed by atoms with Gasteiger partial charge in [0.15, 0.2) is 5.82 Å². The first-order valence-electron chi connectivity index (χ1n) is 5.24. The van der Waals surface area contributed by atoms with Crippen molar-refractivity contribution in [2.24, 2.45) is 5.92 Å². The van der Waals surface area contributed by atoms with E-state index in [0.717, 1.165) is 18.4 Å². The quantitative estimate of drug-likeness (QED) is 0.779. The van der Waals surface area contributed by atoms with E-state index in [1.807, 2.05) is 6.92 Å². The number of aliphatic hydroxyl groups excluding tert-OH is 1. The van der Waals surface area contributed by atoms with Gasteiger partial charge in [0, 0.05) is 12.4 Å². The number of nitrogens with zero attached hydrogens (tertiary/aromatic N) is 2. The molecule has 2 rings (SSSR count). The van der Waals surface area contributed by atoms with E-state index >= 15 is 0 Å². The molecule has 1 aliphatic rings. The summed E-state index contributed by atoms with van der Waals surface area (Å²) in [5, 5.41) is 9.99. The van der Waals surface area contributed by atoms with Crippen molar-refractivity contribution < 1.29 is 5.11 Å². The summed E-state index contributed by atoms with van der Waals surface area (Å²) >= 11 is 0. The Morgan fingerprint density at radius 2 is 1.86 bits per heavy atom. The van der Waals surface area contributed by atoms with Crippen molar-refractivity contribution in [1.82, 2.24) is 9.97 Å². The maximum atomic E-state index is 9.99. The Bertz CT molecular complexity index is 291. The smallest absolute Gasteiger partial charge is 0.157 e. The molecule has 1 aromatic rings. The molecule has 1 aliphatic carbocycles. The van der Waals surface area contributed by atoms with Gasteiger partial charge in [-0.2, -0.15) is 0 Å². The molecule has 3 heteroatoms. The zero-order valence-electron chi connectivity index (χ0n) is 8.48. The van der Waals surface area contributed by atoms with Gasteiger partial charge in [-0.25, -0.2) is 9.97 Å². The third kappa shape index (κ3) is 1.93. The van der Waals surface area contributed by atoms with E-state index in [-0.39, 0.29) is 0 Å². The normalized spacial score (nSPS) is 19.9. The second-order valence-corrected chi connectivity index (χ2v) is 4.11. The molecule has 0 bridgehead atoms. The summed E-state index contributed by atoms with van der Waals surface area (Å²) in [4.78, 5) is 8.32. The average Bonchev–Trinajstić information content (AvgIpc) is 2.71. The van der Waals surface area contributed by atoms with Gasteiger partial charge in [0.1, 0.15) is 6.10 Å². The fourth-order valence-corrected chi connectivity index (χ4v) is 2.04. The molecule has 0 saturated heterocycles. The van der Waals surface area contributed by atoms with Crippen molar-refractivity contribution in [2.75, 3.05) is 0 Å². The van der Waals surface area contributed by atoms with Crippen LogP contribution >= 0.6 is 0 Å². The average molecular weight is 192 g/mol. The second-order valence-electron chi connectivity index (χ2n) is 4.11. The van der Waals surface area contributed by atoms with Crippen LogP contribution in [0.15, 0.2) is 12.4 Å². The summed E-state index contributed by atoms with van der Waals surface area (Å²) in [5.74, 6) is 0.959. The van der Waals surface area contributed by atoms with Gasteiger partial charge < -0.3 is 5.11 Å². The molecule has 1 aromatic heterocycles. The number of aliphatic hydroxyl groups is 1. The third-order valence-corrected chi connectivity index (χ3v) is 2.91. The fourth-order valence-electron chi connectivity index (χ4n) is 2.04. The molecule has 0 spiro atoms. The standard InChI is InChI=1S/C11H16N2O/c1-8-6-12-11(13-7-8)10(14)9-4-2-3-5-9/h6-7,9-10,14H,2-5H2,1H3. The highest BCUT2D eigenvalue weighted by atomic mass is 16.3. The van der Waals surface area contributed by atoms with Crippen LogP contribution in [-0.2, 0) is 0 Å². The van der Waals surface area contributed by atoms with Crippen LogP contribution in [0.1, 0.15) is 43.2 Å². The van der Waals surface area contributed by atoms with E-state index in [4.69, 9.17) is 0 Å². The predicted octanol–water partition coefficient (Wildman–Crippen LogP) is 2.01. The van der Waals surface area contributed by atoms with Crippen LogP contribution in [-0.4, -0.2) is 15.1 Å². The Labute approximate surface area is 84.2 Å². The lowest BCUT2D eigenvalue weighted by atomic mass is 10.0. The minimum Gasteiger partial charge on any atom is -0.385 e. The number of aryl methyl sites for hydroxylation is 1. The molecule has 0 amide bonds. The molecule has 0 aliphatic heterocycles. The first-order chi connectivity index (χ1) is 6.77. The van der Waals surface area contributed by atoms with Gasteiger partial charge in [0.25, 0.3) is 0 Å². The lowest BCUT2D eigenvalue weighted by molar-refractivity contribution is 0.103. The van der Waals surface area contributed by atoms with Crippen LogP contribution in [0.4, 0.5) is 0 Å². The van der Waals surface area contributed by atoms with E-state index in [1.54, 1.807) is 12.4 Å². The van der Waals surface area contributed by atoms with Gasteiger partial charge in [-0.3, -0.25) is 0 Å². The van der Waals surface area contributed by atoms with Crippen molar-refractivity contribution in [3.05, 3.63) is 23.8 Å². The van der Waals surface area contributed by atoms with Crippen molar-refractivity contribution in [2.45, 2.75) is 38.7 Å². The van der Waals surface area contributed by atoms with Crippen LogP contribution in [0.5, 0.6) is 0 Å². The van der Waals surface area contributed by atoms with Gasteiger partial charge >= 0.3 is 0 Å². The first kappa shape index (κ1) is 9.59. The topological polar surface area (TPSA) is 46.0 Å². The maximum absolute atomic E-state index is 9.99. The number of hydrogen-bond donors (Lipinski definition) is 1. The predicted molar refractivity (Wildman–Crippen MR) is 53.7 cm³/mol. The fraction of sp³-hybridized carbons (Fsp3) is 0.636. The van der Waals surface area contributed by atoms with E-state index in [9.17, 15) is 5.11 Å².